The summed E-state index contributed by atoms with van der Waals surface area (Å²) in [6, 6.07) is -0.151. The second-order valence-corrected chi connectivity index (χ2v) is 7.82. The molecule has 1 aliphatic heterocycles. The summed E-state index contributed by atoms with van der Waals surface area (Å²) in [4.78, 5) is 39.5. The number of piperidine rings is 1. The predicted molar refractivity (Wildman–Crippen MR) is 105 cm³/mol. The first-order valence-corrected chi connectivity index (χ1v) is 10.2. The third kappa shape index (κ3) is 4.80. The predicted octanol–water partition coefficient (Wildman–Crippen LogP) is 4.06. The Kier molecular flexibility index (Phi) is 7.24. The highest BCUT2D eigenvalue weighted by Crippen LogP contribution is 2.35. The number of nitrogens with zero attached hydrogens (tertiary/aromatic N) is 1. The van der Waals surface area contributed by atoms with Crippen molar-refractivity contribution < 1.29 is 23.9 Å². The molecular formula is C19H28N2O5S. The van der Waals surface area contributed by atoms with Crippen LogP contribution in [0.5, 0.6) is 0 Å². The zero-order valence-electron chi connectivity index (χ0n) is 16.6. The largest absolute Gasteiger partial charge is 0.462 e. The van der Waals surface area contributed by atoms with Crippen molar-refractivity contribution in [2.24, 2.45) is 5.92 Å². The van der Waals surface area contributed by atoms with Crippen molar-refractivity contribution in [1.82, 2.24) is 4.90 Å². The van der Waals surface area contributed by atoms with Gasteiger partial charge in [-0.05, 0) is 52.0 Å². The molecule has 2 atom stereocenters. The van der Waals surface area contributed by atoms with E-state index in [1.54, 1.807) is 25.7 Å². The normalized spacial score (nSPS) is 19.5. The first-order valence-electron chi connectivity index (χ1n) is 9.35. The molecule has 8 heteroatoms. The van der Waals surface area contributed by atoms with Crippen molar-refractivity contribution in [3.8, 4) is 0 Å². The molecule has 0 saturated carbocycles. The molecule has 2 heterocycles. The zero-order chi connectivity index (χ0) is 20.1. The molecule has 0 radical (unpaired) electrons. The molecule has 0 unspecified atom stereocenters. The fraction of sp³-hybridized carbons (Fsp3) is 0.632. The Hall–Kier alpha value is -2.09. The van der Waals surface area contributed by atoms with Gasteiger partial charge in [0.05, 0.1) is 18.8 Å². The van der Waals surface area contributed by atoms with E-state index in [-0.39, 0.29) is 30.9 Å². The summed E-state index contributed by atoms with van der Waals surface area (Å²) in [5, 5.41) is 3.14. The van der Waals surface area contributed by atoms with Crippen LogP contribution in [0.2, 0.25) is 0 Å². The summed E-state index contributed by atoms with van der Waals surface area (Å²) in [6.07, 6.45) is 1.88. The Balaban J connectivity index is 2.31. The lowest BCUT2D eigenvalue weighted by atomic mass is 9.94. The van der Waals surface area contributed by atoms with Crippen LogP contribution in [-0.4, -0.2) is 48.7 Å². The molecule has 1 saturated heterocycles. The third-order valence-corrected chi connectivity index (χ3v) is 5.89. The Morgan fingerprint density at radius 2 is 1.78 bits per heavy atom. The third-order valence-electron chi connectivity index (χ3n) is 4.71. The van der Waals surface area contributed by atoms with E-state index in [2.05, 4.69) is 12.2 Å². The molecule has 2 rings (SSSR count). The van der Waals surface area contributed by atoms with Crippen LogP contribution in [0.15, 0.2) is 0 Å². The van der Waals surface area contributed by atoms with Crippen molar-refractivity contribution in [3.63, 3.8) is 0 Å². The number of nitrogens with one attached hydrogen (secondary N) is 1. The summed E-state index contributed by atoms with van der Waals surface area (Å²) < 4.78 is 10.2. The summed E-state index contributed by atoms with van der Waals surface area (Å²) in [6.45, 7) is 10.4. The number of hydrogen-bond acceptors (Lipinski definition) is 6. The van der Waals surface area contributed by atoms with Crippen LogP contribution in [0.4, 0.5) is 9.80 Å². The highest BCUT2D eigenvalue weighted by Gasteiger charge is 2.31. The average molecular weight is 397 g/mol. The minimum absolute atomic E-state index is 0.116. The molecule has 1 fully saturated rings. The Morgan fingerprint density at radius 3 is 2.37 bits per heavy atom. The highest BCUT2D eigenvalue weighted by molar-refractivity contribution is 7.18. The van der Waals surface area contributed by atoms with Crippen molar-refractivity contribution in [1.29, 1.82) is 0 Å². The molecule has 7 nitrogen and oxygen atoms in total. The second-order valence-electron chi connectivity index (χ2n) is 6.80. The Bertz CT molecular complexity index is 715. The minimum Gasteiger partial charge on any atom is -0.462 e. The molecule has 1 N–H and O–H groups in total. The van der Waals surface area contributed by atoms with Gasteiger partial charge in [0, 0.05) is 12.6 Å². The fourth-order valence-corrected chi connectivity index (χ4v) is 4.40. The van der Waals surface area contributed by atoms with E-state index in [9.17, 15) is 14.4 Å². The van der Waals surface area contributed by atoms with Crippen LogP contribution in [0.1, 0.15) is 66.1 Å². The lowest BCUT2D eigenvalue weighted by Crippen LogP contribution is -2.46. The lowest BCUT2D eigenvalue weighted by molar-refractivity contribution is 0.0527. The molecule has 1 aromatic heterocycles. The van der Waals surface area contributed by atoms with Gasteiger partial charge >= 0.3 is 18.0 Å². The Morgan fingerprint density at radius 1 is 1.15 bits per heavy atom. The van der Waals surface area contributed by atoms with Crippen molar-refractivity contribution in [2.45, 2.75) is 53.5 Å². The van der Waals surface area contributed by atoms with Gasteiger partial charge in [-0.3, -0.25) is 5.32 Å². The fourth-order valence-electron chi connectivity index (χ4n) is 3.32. The number of carbonyl (C=O) groups excluding carboxylic acids is 3. The number of rotatable bonds is 5. The number of anilines is 1. The van der Waals surface area contributed by atoms with Crippen molar-refractivity contribution in [3.05, 3.63) is 16.0 Å². The maximum atomic E-state index is 12.8. The minimum atomic E-state index is -0.558. The average Bonchev–Trinajstić information content (AvgIpc) is 2.91. The van der Waals surface area contributed by atoms with Gasteiger partial charge < -0.3 is 14.4 Å². The summed E-state index contributed by atoms with van der Waals surface area (Å²) >= 11 is 1.05. The monoisotopic (exact) mass is 396 g/mol. The van der Waals surface area contributed by atoms with Gasteiger partial charge in [0.25, 0.3) is 0 Å². The summed E-state index contributed by atoms with van der Waals surface area (Å²) in [5.41, 5.74) is 0.684. The number of likely N-dealkylation sites (tertiary alicyclic amines) is 1. The van der Waals surface area contributed by atoms with E-state index >= 15 is 0 Å². The molecule has 0 spiro atoms. The maximum absolute atomic E-state index is 12.8. The van der Waals surface area contributed by atoms with E-state index < -0.39 is 11.9 Å². The first kappa shape index (κ1) is 21.2. The van der Waals surface area contributed by atoms with Gasteiger partial charge in [0.1, 0.15) is 9.88 Å². The van der Waals surface area contributed by atoms with Gasteiger partial charge in [-0.2, -0.15) is 0 Å². The summed E-state index contributed by atoms with van der Waals surface area (Å²) in [5.74, 6) is -0.484. The SMILES string of the molecule is CCOC(=O)c1sc(NC(=O)N2CC[C@@H](C)C[C@@H]2C)c(C(=O)OCC)c1C. The number of hydrogen-bond donors (Lipinski definition) is 1. The number of amides is 2. The van der Waals surface area contributed by atoms with Gasteiger partial charge in [-0.15, -0.1) is 11.3 Å². The highest BCUT2D eigenvalue weighted by atomic mass is 32.1. The second kappa shape index (κ2) is 9.21. The molecule has 0 aromatic carbocycles. The van der Waals surface area contributed by atoms with Gasteiger partial charge in [-0.1, -0.05) is 6.92 Å². The molecule has 1 aliphatic rings. The molecule has 0 bridgehead atoms. The quantitative estimate of drug-likeness (QED) is 0.759. The lowest BCUT2D eigenvalue weighted by Gasteiger charge is -2.36. The molecule has 1 aromatic rings. The van der Waals surface area contributed by atoms with Crippen LogP contribution >= 0.6 is 11.3 Å². The Labute approximate surface area is 164 Å². The number of esters is 2. The van der Waals surface area contributed by atoms with Crippen LogP contribution < -0.4 is 5.32 Å². The van der Waals surface area contributed by atoms with Crippen LogP contribution in [0.25, 0.3) is 0 Å². The summed E-state index contributed by atoms with van der Waals surface area (Å²) in [7, 11) is 0. The molecule has 150 valence electrons. The van der Waals surface area contributed by atoms with Crippen LogP contribution in [0.3, 0.4) is 0 Å². The number of ether oxygens (including phenoxy) is 2. The van der Waals surface area contributed by atoms with E-state index in [1.165, 1.54) is 0 Å². The van der Waals surface area contributed by atoms with Gasteiger partial charge in [-0.25, -0.2) is 14.4 Å². The smallest absolute Gasteiger partial charge is 0.348 e. The molecule has 2 amide bonds. The first-order chi connectivity index (χ1) is 12.8. The standard InChI is InChI=1S/C19H28N2O5S/c1-6-25-17(22)14-13(5)15(18(23)26-7-2)27-16(14)20-19(24)21-9-8-11(3)10-12(21)4/h11-12H,6-10H2,1-5H3,(H,20,24)/t11-,12+/m1/s1. The number of carbonyl (C=O) groups is 3. The van der Waals surface area contributed by atoms with Gasteiger partial charge in [0.15, 0.2) is 0 Å². The number of thiophene rings is 1. The topological polar surface area (TPSA) is 84.9 Å². The number of urea groups is 1. The zero-order valence-corrected chi connectivity index (χ0v) is 17.4. The van der Waals surface area contributed by atoms with Crippen LogP contribution in [0, 0.1) is 12.8 Å². The van der Waals surface area contributed by atoms with Gasteiger partial charge in [0.2, 0.25) is 0 Å². The van der Waals surface area contributed by atoms with E-state index in [0.29, 0.717) is 27.9 Å². The molecule has 27 heavy (non-hydrogen) atoms. The van der Waals surface area contributed by atoms with Crippen molar-refractivity contribution in [2.75, 3.05) is 25.1 Å². The van der Waals surface area contributed by atoms with E-state index in [1.807, 2.05) is 6.92 Å². The van der Waals surface area contributed by atoms with E-state index in [0.717, 1.165) is 24.2 Å². The van der Waals surface area contributed by atoms with Crippen molar-refractivity contribution >= 4 is 34.3 Å². The van der Waals surface area contributed by atoms with E-state index in [4.69, 9.17) is 9.47 Å². The molecule has 0 aliphatic carbocycles. The molecular weight excluding hydrogens is 368 g/mol. The maximum Gasteiger partial charge on any atom is 0.348 e. The van der Waals surface area contributed by atoms with Crippen LogP contribution in [-0.2, 0) is 9.47 Å².